The van der Waals surface area contributed by atoms with Crippen LogP contribution in [0.25, 0.3) is 0 Å². The van der Waals surface area contributed by atoms with Crippen LogP contribution in [0.4, 0.5) is 5.69 Å². The standard InChI is InChI=1S/C18H21NO4S/c1-22-16-9-5-8-15(12-16)19-24(20,21)18-11-14-7-4-3-6-13(14)10-17(18)23-2/h5,8-12,19H,3-4,6-7H2,1-2H3. The lowest BCUT2D eigenvalue weighted by Gasteiger charge is -2.19. The van der Waals surface area contributed by atoms with Crippen molar-refractivity contribution in [2.45, 2.75) is 30.6 Å². The third-order valence-corrected chi connectivity index (χ3v) is 5.64. The number of hydrogen-bond acceptors (Lipinski definition) is 4. The molecule has 0 spiro atoms. The van der Waals surface area contributed by atoms with Gasteiger partial charge in [0.15, 0.2) is 0 Å². The molecule has 0 saturated carbocycles. The van der Waals surface area contributed by atoms with Crippen molar-refractivity contribution in [3.05, 3.63) is 47.5 Å². The average molecular weight is 347 g/mol. The predicted molar refractivity (Wildman–Crippen MR) is 93.4 cm³/mol. The number of ether oxygens (including phenoxy) is 2. The van der Waals surface area contributed by atoms with Crippen LogP contribution in [0.3, 0.4) is 0 Å². The van der Waals surface area contributed by atoms with E-state index in [9.17, 15) is 8.42 Å². The maximum Gasteiger partial charge on any atom is 0.265 e. The van der Waals surface area contributed by atoms with Gasteiger partial charge in [0.05, 0.1) is 19.9 Å². The second-order valence-electron chi connectivity index (χ2n) is 5.82. The van der Waals surface area contributed by atoms with Gasteiger partial charge in [-0.1, -0.05) is 6.07 Å². The maximum absolute atomic E-state index is 12.8. The molecule has 0 radical (unpaired) electrons. The van der Waals surface area contributed by atoms with Crippen molar-refractivity contribution in [3.63, 3.8) is 0 Å². The van der Waals surface area contributed by atoms with Crippen molar-refractivity contribution in [2.24, 2.45) is 0 Å². The highest BCUT2D eigenvalue weighted by atomic mass is 32.2. The zero-order chi connectivity index (χ0) is 17.2. The zero-order valence-corrected chi connectivity index (χ0v) is 14.7. The molecular formula is C18H21NO4S. The average Bonchev–Trinajstić information content (AvgIpc) is 2.60. The van der Waals surface area contributed by atoms with Crippen LogP contribution in [0, 0.1) is 0 Å². The summed E-state index contributed by atoms with van der Waals surface area (Å²) >= 11 is 0. The third-order valence-electron chi connectivity index (χ3n) is 4.24. The minimum absolute atomic E-state index is 0.175. The highest BCUT2D eigenvalue weighted by Crippen LogP contribution is 2.33. The quantitative estimate of drug-likeness (QED) is 0.900. The van der Waals surface area contributed by atoms with Crippen molar-refractivity contribution in [1.82, 2.24) is 0 Å². The number of anilines is 1. The predicted octanol–water partition coefficient (Wildman–Crippen LogP) is 3.38. The van der Waals surface area contributed by atoms with E-state index in [0.717, 1.165) is 31.2 Å². The van der Waals surface area contributed by atoms with E-state index in [1.165, 1.54) is 12.7 Å². The summed E-state index contributed by atoms with van der Waals surface area (Å²) in [5, 5.41) is 0. The van der Waals surface area contributed by atoms with Crippen molar-refractivity contribution in [1.29, 1.82) is 0 Å². The molecule has 0 atom stereocenters. The van der Waals surface area contributed by atoms with Crippen LogP contribution >= 0.6 is 0 Å². The lowest BCUT2D eigenvalue weighted by atomic mass is 9.92. The largest absolute Gasteiger partial charge is 0.497 e. The molecule has 0 aromatic heterocycles. The summed E-state index contributed by atoms with van der Waals surface area (Å²) in [6.45, 7) is 0. The summed E-state index contributed by atoms with van der Waals surface area (Å²) in [5.41, 5.74) is 2.72. The molecule has 1 aliphatic rings. The van der Waals surface area contributed by atoms with Crippen LogP contribution in [-0.2, 0) is 22.9 Å². The Bertz CT molecular complexity index is 846. The normalized spacial score (nSPS) is 13.9. The van der Waals surface area contributed by atoms with Crippen molar-refractivity contribution in [3.8, 4) is 11.5 Å². The van der Waals surface area contributed by atoms with E-state index in [2.05, 4.69) is 4.72 Å². The molecular weight excluding hydrogens is 326 g/mol. The molecule has 0 amide bonds. The Labute approximate surface area is 142 Å². The second kappa shape index (κ2) is 6.73. The molecule has 1 aliphatic carbocycles. The fraction of sp³-hybridized carbons (Fsp3) is 0.333. The number of nitrogens with one attached hydrogen (secondary N) is 1. The van der Waals surface area contributed by atoms with Gasteiger partial charge in [0.25, 0.3) is 10.0 Å². The Morgan fingerprint density at radius 2 is 1.67 bits per heavy atom. The Morgan fingerprint density at radius 1 is 0.958 bits per heavy atom. The molecule has 0 bridgehead atoms. The van der Waals surface area contributed by atoms with Gasteiger partial charge in [-0.25, -0.2) is 8.42 Å². The highest BCUT2D eigenvalue weighted by molar-refractivity contribution is 7.92. The monoisotopic (exact) mass is 347 g/mol. The van der Waals surface area contributed by atoms with Gasteiger partial charge < -0.3 is 9.47 Å². The summed E-state index contributed by atoms with van der Waals surface area (Å²) in [4.78, 5) is 0.175. The van der Waals surface area contributed by atoms with E-state index in [-0.39, 0.29) is 4.90 Å². The molecule has 24 heavy (non-hydrogen) atoms. The van der Waals surface area contributed by atoms with Gasteiger partial charge in [-0.3, -0.25) is 4.72 Å². The van der Waals surface area contributed by atoms with Crippen LogP contribution in [0.1, 0.15) is 24.0 Å². The second-order valence-corrected chi connectivity index (χ2v) is 7.47. The van der Waals surface area contributed by atoms with Crippen molar-refractivity contribution < 1.29 is 17.9 Å². The minimum atomic E-state index is -3.75. The molecule has 0 aliphatic heterocycles. The molecule has 0 saturated heterocycles. The molecule has 0 unspecified atom stereocenters. The Balaban J connectivity index is 1.99. The molecule has 2 aromatic rings. The number of benzene rings is 2. The van der Waals surface area contributed by atoms with E-state index >= 15 is 0 Å². The molecule has 5 nitrogen and oxygen atoms in total. The van der Waals surface area contributed by atoms with Crippen LogP contribution < -0.4 is 14.2 Å². The molecule has 128 valence electrons. The summed E-state index contributed by atoms with van der Waals surface area (Å²) in [6.07, 6.45) is 4.09. The van der Waals surface area contributed by atoms with Gasteiger partial charge in [-0.05, 0) is 61.1 Å². The van der Waals surface area contributed by atoms with Gasteiger partial charge in [-0.2, -0.15) is 0 Å². The smallest absolute Gasteiger partial charge is 0.265 e. The first-order chi connectivity index (χ1) is 11.5. The number of hydrogen-bond donors (Lipinski definition) is 1. The summed E-state index contributed by atoms with van der Waals surface area (Å²) in [5.74, 6) is 0.971. The van der Waals surface area contributed by atoms with Gasteiger partial charge in [0.2, 0.25) is 0 Å². The SMILES string of the molecule is COc1cccc(NS(=O)(=O)c2cc3c(cc2OC)CCCC3)c1. The van der Waals surface area contributed by atoms with Crippen LogP contribution in [0.15, 0.2) is 41.3 Å². The molecule has 6 heteroatoms. The first-order valence-electron chi connectivity index (χ1n) is 7.90. The molecule has 1 N–H and O–H groups in total. The summed E-state index contributed by atoms with van der Waals surface area (Å²) in [7, 11) is -0.708. The zero-order valence-electron chi connectivity index (χ0n) is 13.8. The Kier molecular flexibility index (Phi) is 4.66. The van der Waals surface area contributed by atoms with Crippen LogP contribution in [-0.4, -0.2) is 22.6 Å². The van der Waals surface area contributed by atoms with E-state index in [1.54, 1.807) is 37.4 Å². The number of fused-ring (bicyclic) bond motifs is 1. The van der Waals surface area contributed by atoms with Gasteiger partial charge >= 0.3 is 0 Å². The van der Waals surface area contributed by atoms with Gasteiger partial charge in [0, 0.05) is 6.07 Å². The van der Waals surface area contributed by atoms with Crippen molar-refractivity contribution >= 4 is 15.7 Å². The minimum Gasteiger partial charge on any atom is -0.497 e. The van der Waals surface area contributed by atoms with Gasteiger partial charge in [-0.15, -0.1) is 0 Å². The fourth-order valence-corrected chi connectivity index (χ4v) is 4.26. The highest BCUT2D eigenvalue weighted by Gasteiger charge is 2.23. The lowest BCUT2D eigenvalue weighted by Crippen LogP contribution is -2.16. The van der Waals surface area contributed by atoms with Gasteiger partial charge in [0.1, 0.15) is 16.4 Å². The third kappa shape index (κ3) is 3.33. The number of sulfonamides is 1. The van der Waals surface area contributed by atoms with E-state index < -0.39 is 10.0 Å². The number of aryl methyl sites for hydroxylation is 2. The molecule has 3 rings (SSSR count). The maximum atomic E-state index is 12.8. The summed E-state index contributed by atoms with van der Waals surface area (Å²) < 4.78 is 38.7. The Morgan fingerprint density at radius 3 is 2.33 bits per heavy atom. The number of rotatable bonds is 5. The molecule has 0 fully saturated rings. The van der Waals surface area contributed by atoms with Crippen LogP contribution in [0.5, 0.6) is 11.5 Å². The van der Waals surface area contributed by atoms with E-state index in [4.69, 9.17) is 9.47 Å². The summed E-state index contributed by atoms with van der Waals surface area (Å²) in [6, 6.07) is 10.4. The molecule has 0 heterocycles. The first-order valence-corrected chi connectivity index (χ1v) is 9.38. The Hall–Kier alpha value is -2.21. The van der Waals surface area contributed by atoms with E-state index in [1.807, 2.05) is 6.07 Å². The van der Waals surface area contributed by atoms with Crippen molar-refractivity contribution in [2.75, 3.05) is 18.9 Å². The topological polar surface area (TPSA) is 64.6 Å². The lowest BCUT2D eigenvalue weighted by molar-refractivity contribution is 0.401. The first kappa shape index (κ1) is 16.6. The fourth-order valence-electron chi connectivity index (χ4n) is 3.01. The molecule has 2 aromatic carbocycles. The van der Waals surface area contributed by atoms with Crippen LogP contribution in [0.2, 0.25) is 0 Å². The number of methoxy groups -OCH3 is 2. The van der Waals surface area contributed by atoms with E-state index in [0.29, 0.717) is 17.2 Å².